The molecular weight excluding hydrogens is 358 g/mol. The molecule has 0 amide bonds. The summed E-state index contributed by atoms with van der Waals surface area (Å²) in [5.41, 5.74) is 2.17. The highest BCUT2D eigenvalue weighted by Gasteiger charge is 2.16. The first kappa shape index (κ1) is 19.2. The number of para-hydroxylation sites is 1. The minimum atomic E-state index is 0.376. The lowest BCUT2D eigenvalue weighted by Gasteiger charge is -2.17. The molecule has 6 heteroatoms. The summed E-state index contributed by atoms with van der Waals surface area (Å²) in [6.45, 7) is 6.02. The van der Waals surface area contributed by atoms with Crippen LogP contribution in [0.5, 0.6) is 28.9 Å². The molecule has 146 valence electrons. The van der Waals surface area contributed by atoms with E-state index in [2.05, 4.69) is 11.9 Å². The van der Waals surface area contributed by atoms with E-state index in [-0.39, 0.29) is 0 Å². The van der Waals surface area contributed by atoms with Crippen molar-refractivity contribution in [2.24, 2.45) is 0 Å². The zero-order valence-corrected chi connectivity index (χ0v) is 16.4. The van der Waals surface area contributed by atoms with Crippen LogP contribution in [0, 0.1) is 6.92 Å². The summed E-state index contributed by atoms with van der Waals surface area (Å²) in [5.74, 6) is 3.38. The third-order valence-electron chi connectivity index (χ3n) is 4.17. The predicted molar refractivity (Wildman–Crippen MR) is 109 cm³/mol. The molecule has 0 spiro atoms. The second-order valence-corrected chi connectivity index (χ2v) is 6.00. The summed E-state index contributed by atoms with van der Waals surface area (Å²) in [5, 5.41) is 3.19. The van der Waals surface area contributed by atoms with Gasteiger partial charge < -0.3 is 28.7 Å². The van der Waals surface area contributed by atoms with Crippen molar-refractivity contribution >= 4 is 11.4 Å². The van der Waals surface area contributed by atoms with E-state index < -0.39 is 0 Å². The van der Waals surface area contributed by atoms with E-state index in [1.807, 2.05) is 31.2 Å². The van der Waals surface area contributed by atoms with E-state index in [1.165, 1.54) is 0 Å². The summed E-state index contributed by atoms with van der Waals surface area (Å²) in [6.07, 6.45) is 0. The van der Waals surface area contributed by atoms with Crippen molar-refractivity contribution < 1.29 is 23.4 Å². The molecule has 0 saturated heterocycles. The Morgan fingerprint density at radius 2 is 1.57 bits per heavy atom. The molecular formula is C22H23NO5. The predicted octanol–water partition coefficient (Wildman–Crippen LogP) is 5.49. The van der Waals surface area contributed by atoms with Gasteiger partial charge in [-0.05, 0) is 24.6 Å². The van der Waals surface area contributed by atoms with E-state index in [0.717, 1.165) is 11.3 Å². The fraction of sp³-hybridized carbons (Fsp3) is 0.182. The molecule has 0 atom stereocenters. The van der Waals surface area contributed by atoms with Crippen LogP contribution >= 0.6 is 0 Å². The van der Waals surface area contributed by atoms with Crippen LogP contribution in [-0.2, 0) is 0 Å². The van der Waals surface area contributed by atoms with Crippen LogP contribution in [0.25, 0.3) is 5.70 Å². The Morgan fingerprint density at radius 3 is 2.18 bits per heavy atom. The highest BCUT2D eigenvalue weighted by Crippen LogP contribution is 2.40. The second-order valence-electron chi connectivity index (χ2n) is 6.00. The van der Waals surface area contributed by atoms with Gasteiger partial charge in [-0.3, -0.25) is 0 Å². The first-order valence-corrected chi connectivity index (χ1v) is 8.65. The molecule has 6 nitrogen and oxygen atoms in total. The summed E-state index contributed by atoms with van der Waals surface area (Å²) in [4.78, 5) is 0. The van der Waals surface area contributed by atoms with Crippen molar-refractivity contribution in [1.29, 1.82) is 0 Å². The largest absolute Gasteiger partial charge is 0.496 e. The van der Waals surface area contributed by atoms with Crippen LogP contribution in [0.15, 0.2) is 59.5 Å². The van der Waals surface area contributed by atoms with Gasteiger partial charge in [0, 0.05) is 18.2 Å². The Labute approximate surface area is 164 Å². The molecule has 3 rings (SSSR count). The standard InChI is InChI=1S/C22H23NO5/c1-14-8-6-7-9-17(14)27-21-11-10-18(28-21)15(2)23-22-19(25-4)12-16(24-3)13-20(22)26-5/h6-13,23H,2H2,1,3-5H3. The second kappa shape index (κ2) is 8.43. The minimum Gasteiger partial charge on any atom is -0.496 e. The lowest BCUT2D eigenvalue weighted by Crippen LogP contribution is -2.02. The maximum Gasteiger partial charge on any atom is 0.290 e. The number of methoxy groups -OCH3 is 3. The molecule has 3 aromatic rings. The van der Waals surface area contributed by atoms with Gasteiger partial charge >= 0.3 is 0 Å². The van der Waals surface area contributed by atoms with Crippen molar-refractivity contribution in [1.82, 2.24) is 0 Å². The molecule has 0 aliphatic rings. The van der Waals surface area contributed by atoms with E-state index in [9.17, 15) is 0 Å². The summed E-state index contributed by atoms with van der Waals surface area (Å²) >= 11 is 0. The molecule has 1 aromatic heterocycles. The smallest absolute Gasteiger partial charge is 0.290 e. The summed E-state index contributed by atoms with van der Waals surface area (Å²) in [7, 11) is 4.73. The molecule has 0 bridgehead atoms. The number of hydrogen-bond donors (Lipinski definition) is 1. The third kappa shape index (κ3) is 4.06. The zero-order chi connectivity index (χ0) is 20.1. The van der Waals surface area contributed by atoms with Crippen molar-refractivity contribution in [2.45, 2.75) is 6.92 Å². The molecule has 0 radical (unpaired) electrons. The summed E-state index contributed by atoms with van der Waals surface area (Å²) in [6, 6.07) is 14.8. The fourth-order valence-electron chi connectivity index (χ4n) is 2.66. The topological polar surface area (TPSA) is 62.1 Å². The molecule has 0 saturated carbocycles. The van der Waals surface area contributed by atoms with Gasteiger partial charge in [-0.15, -0.1) is 0 Å². The molecule has 0 aliphatic heterocycles. The van der Waals surface area contributed by atoms with Gasteiger partial charge in [0.15, 0.2) is 5.76 Å². The van der Waals surface area contributed by atoms with Crippen LogP contribution in [-0.4, -0.2) is 21.3 Å². The highest BCUT2D eigenvalue weighted by molar-refractivity contribution is 5.81. The van der Waals surface area contributed by atoms with Gasteiger partial charge in [0.1, 0.15) is 28.7 Å². The van der Waals surface area contributed by atoms with Crippen LogP contribution in [0.3, 0.4) is 0 Å². The van der Waals surface area contributed by atoms with Crippen molar-refractivity contribution in [2.75, 3.05) is 26.6 Å². The zero-order valence-electron chi connectivity index (χ0n) is 16.4. The van der Waals surface area contributed by atoms with Gasteiger partial charge in [0.05, 0.1) is 27.0 Å². The Balaban J connectivity index is 1.81. The van der Waals surface area contributed by atoms with Gasteiger partial charge in [0.2, 0.25) is 0 Å². The number of aryl methyl sites for hydroxylation is 1. The number of nitrogens with one attached hydrogen (secondary N) is 1. The maximum absolute atomic E-state index is 5.81. The number of ether oxygens (including phenoxy) is 4. The summed E-state index contributed by atoms with van der Waals surface area (Å²) < 4.78 is 27.7. The van der Waals surface area contributed by atoms with E-state index in [1.54, 1.807) is 45.6 Å². The molecule has 0 unspecified atom stereocenters. The Morgan fingerprint density at radius 1 is 0.893 bits per heavy atom. The van der Waals surface area contributed by atoms with Crippen molar-refractivity contribution in [3.63, 3.8) is 0 Å². The van der Waals surface area contributed by atoms with E-state index in [0.29, 0.717) is 40.3 Å². The van der Waals surface area contributed by atoms with Crippen LogP contribution < -0.4 is 24.3 Å². The van der Waals surface area contributed by atoms with Gasteiger partial charge in [0.25, 0.3) is 5.95 Å². The average Bonchev–Trinajstić information content (AvgIpc) is 3.18. The average molecular weight is 381 g/mol. The first-order chi connectivity index (χ1) is 13.5. The van der Waals surface area contributed by atoms with Crippen molar-refractivity contribution in [3.05, 3.63) is 66.4 Å². The monoisotopic (exact) mass is 381 g/mol. The first-order valence-electron chi connectivity index (χ1n) is 8.65. The number of anilines is 1. The van der Waals surface area contributed by atoms with E-state index >= 15 is 0 Å². The molecule has 1 N–H and O–H groups in total. The lowest BCUT2D eigenvalue weighted by atomic mass is 10.2. The normalized spacial score (nSPS) is 10.3. The number of rotatable bonds is 8. The molecule has 0 aliphatic carbocycles. The molecule has 1 heterocycles. The van der Waals surface area contributed by atoms with Crippen LogP contribution in [0.4, 0.5) is 5.69 Å². The molecule has 0 fully saturated rings. The lowest BCUT2D eigenvalue weighted by molar-refractivity contribution is 0.341. The Hall–Kier alpha value is -3.54. The van der Waals surface area contributed by atoms with Gasteiger partial charge in [-0.25, -0.2) is 0 Å². The molecule has 28 heavy (non-hydrogen) atoms. The van der Waals surface area contributed by atoms with Crippen LogP contribution in [0.2, 0.25) is 0 Å². The van der Waals surface area contributed by atoms with Gasteiger partial charge in [-0.1, -0.05) is 24.8 Å². The van der Waals surface area contributed by atoms with Crippen molar-refractivity contribution in [3.8, 4) is 28.9 Å². The van der Waals surface area contributed by atoms with Gasteiger partial charge in [-0.2, -0.15) is 0 Å². The number of furan rings is 1. The van der Waals surface area contributed by atoms with Crippen LogP contribution in [0.1, 0.15) is 11.3 Å². The SMILES string of the molecule is C=C(Nc1c(OC)cc(OC)cc1OC)c1ccc(Oc2ccccc2C)o1. The Kier molecular flexibility index (Phi) is 5.79. The fourth-order valence-corrected chi connectivity index (χ4v) is 2.66. The third-order valence-corrected chi connectivity index (χ3v) is 4.17. The Bertz CT molecular complexity index is 952. The minimum absolute atomic E-state index is 0.376. The number of hydrogen-bond acceptors (Lipinski definition) is 6. The number of benzene rings is 2. The highest BCUT2D eigenvalue weighted by atomic mass is 16.6. The molecule has 2 aromatic carbocycles. The maximum atomic E-state index is 5.81. The van der Waals surface area contributed by atoms with E-state index in [4.69, 9.17) is 23.4 Å². The quantitative estimate of drug-likeness (QED) is 0.557.